The number of aromatic nitrogens is 3. The molecule has 1 heterocycles. The van der Waals surface area contributed by atoms with Gasteiger partial charge in [0.05, 0.1) is 12.7 Å². The van der Waals surface area contributed by atoms with Gasteiger partial charge in [0.2, 0.25) is 17.2 Å². The summed E-state index contributed by atoms with van der Waals surface area (Å²) in [5.41, 5.74) is 0. The molecule has 2 N–H and O–H groups in total. The van der Waals surface area contributed by atoms with Gasteiger partial charge in [0, 0.05) is 27.2 Å². The van der Waals surface area contributed by atoms with E-state index in [1.807, 2.05) is 6.92 Å². The summed E-state index contributed by atoms with van der Waals surface area (Å²) >= 11 is 5.81. The molecule has 1 aromatic heterocycles. The zero-order chi connectivity index (χ0) is 13.5. The Labute approximate surface area is 111 Å². The number of ether oxygens (including phenoxy) is 1. The number of anilines is 2. The highest BCUT2D eigenvalue weighted by Crippen LogP contribution is 2.12. The van der Waals surface area contributed by atoms with Crippen molar-refractivity contribution in [2.45, 2.75) is 13.0 Å². The van der Waals surface area contributed by atoms with Gasteiger partial charge in [-0.2, -0.15) is 15.0 Å². The summed E-state index contributed by atoms with van der Waals surface area (Å²) in [6.45, 7) is 3.22. The lowest BCUT2D eigenvalue weighted by atomic mass is 10.3. The highest BCUT2D eigenvalue weighted by molar-refractivity contribution is 6.28. The fourth-order valence-corrected chi connectivity index (χ4v) is 1.55. The van der Waals surface area contributed by atoms with E-state index in [2.05, 4.69) is 20.3 Å². The molecule has 0 radical (unpaired) electrons. The van der Waals surface area contributed by atoms with Crippen molar-refractivity contribution in [1.82, 2.24) is 15.0 Å². The van der Waals surface area contributed by atoms with Crippen LogP contribution in [-0.2, 0) is 4.74 Å². The van der Waals surface area contributed by atoms with Crippen LogP contribution in [0, 0.1) is 0 Å². The number of rotatable bonds is 7. The second-order valence-electron chi connectivity index (χ2n) is 3.75. The van der Waals surface area contributed by atoms with E-state index in [1.54, 1.807) is 11.9 Å². The monoisotopic (exact) mass is 275 g/mol. The number of aliphatic hydroxyl groups excluding tert-OH is 1. The maximum absolute atomic E-state index is 9.64. The molecule has 1 unspecified atom stereocenters. The van der Waals surface area contributed by atoms with Crippen LogP contribution in [0.1, 0.15) is 6.92 Å². The fraction of sp³-hybridized carbons (Fsp3) is 0.700. The minimum Gasteiger partial charge on any atom is -0.389 e. The fourth-order valence-electron chi connectivity index (χ4n) is 1.39. The predicted molar refractivity (Wildman–Crippen MR) is 70.2 cm³/mol. The van der Waals surface area contributed by atoms with Crippen molar-refractivity contribution >= 4 is 23.5 Å². The molecular formula is C10H18ClN5O2. The third kappa shape index (κ3) is 4.59. The Kier molecular flexibility index (Phi) is 6.03. The third-order valence-electron chi connectivity index (χ3n) is 2.12. The lowest BCUT2D eigenvalue weighted by Crippen LogP contribution is -2.33. The summed E-state index contributed by atoms with van der Waals surface area (Å²) < 4.78 is 4.86. The molecule has 8 heteroatoms. The first-order chi connectivity index (χ1) is 8.56. The number of halogens is 1. The van der Waals surface area contributed by atoms with E-state index < -0.39 is 6.10 Å². The van der Waals surface area contributed by atoms with Crippen molar-refractivity contribution in [3.8, 4) is 0 Å². The maximum atomic E-state index is 9.64. The van der Waals surface area contributed by atoms with Crippen molar-refractivity contribution in [3.05, 3.63) is 5.28 Å². The van der Waals surface area contributed by atoms with Crippen molar-refractivity contribution in [3.63, 3.8) is 0 Å². The second-order valence-corrected chi connectivity index (χ2v) is 4.09. The van der Waals surface area contributed by atoms with Crippen molar-refractivity contribution < 1.29 is 9.84 Å². The van der Waals surface area contributed by atoms with Crippen LogP contribution in [0.15, 0.2) is 0 Å². The molecule has 1 atom stereocenters. The lowest BCUT2D eigenvalue weighted by molar-refractivity contribution is 0.0693. The Morgan fingerprint density at radius 2 is 2.17 bits per heavy atom. The molecule has 1 aromatic rings. The summed E-state index contributed by atoms with van der Waals surface area (Å²) in [5, 5.41) is 12.7. The summed E-state index contributed by atoms with van der Waals surface area (Å²) in [5.74, 6) is 0.821. The Hall–Kier alpha value is -1.18. The molecule has 0 bridgehead atoms. The average molecular weight is 276 g/mol. The molecule has 0 spiro atoms. The zero-order valence-electron chi connectivity index (χ0n) is 10.7. The van der Waals surface area contributed by atoms with E-state index in [9.17, 15) is 5.11 Å². The van der Waals surface area contributed by atoms with Gasteiger partial charge in [0.25, 0.3) is 0 Å². The van der Waals surface area contributed by atoms with Gasteiger partial charge in [0.15, 0.2) is 0 Å². The van der Waals surface area contributed by atoms with Crippen LogP contribution in [0.2, 0.25) is 5.28 Å². The van der Waals surface area contributed by atoms with Crippen LogP contribution in [0.25, 0.3) is 0 Å². The van der Waals surface area contributed by atoms with Gasteiger partial charge >= 0.3 is 0 Å². The molecule has 0 fully saturated rings. The average Bonchev–Trinajstić information content (AvgIpc) is 2.28. The van der Waals surface area contributed by atoms with Gasteiger partial charge in [-0.25, -0.2) is 0 Å². The van der Waals surface area contributed by atoms with Gasteiger partial charge in [-0.1, -0.05) is 0 Å². The van der Waals surface area contributed by atoms with Gasteiger partial charge < -0.3 is 20.1 Å². The largest absolute Gasteiger partial charge is 0.389 e. The van der Waals surface area contributed by atoms with Gasteiger partial charge in [-0.3, -0.25) is 0 Å². The number of methoxy groups -OCH3 is 1. The van der Waals surface area contributed by atoms with Crippen molar-refractivity contribution in [1.29, 1.82) is 0 Å². The van der Waals surface area contributed by atoms with Crippen LogP contribution >= 0.6 is 11.6 Å². The van der Waals surface area contributed by atoms with Crippen LogP contribution < -0.4 is 10.2 Å². The van der Waals surface area contributed by atoms with E-state index in [0.717, 1.165) is 0 Å². The number of nitrogens with one attached hydrogen (secondary N) is 1. The molecule has 0 saturated heterocycles. The van der Waals surface area contributed by atoms with Crippen molar-refractivity contribution in [2.24, 2.45) is 0 Å². The first-order valence-electron chi connectivity index (χ1n) is 5.60. The SMILES string of the molecule is CCNc1nc(Cl)nc(N(C)CC(O)COC)n1. The van der Waals surface area contributed by atoms with E-state index >= 15 is 0 Å². The number of hydrogen-bond acceptors (Lipinski definition) is 7. The first-order valence-corrected chi connectivity index (χ1v) is 5.98. The summed E-state index contributed by atoms with van der Waals surface area (Å²) in [6.07, 6.45) is -0.613. The first kappa shape index (κ1) is 14.9. The summed E-state index contributed by atoms with van der Waals surface area (Å²) in [6, 6.07) is 0. The second kappa shape index (κ2) is 7.30. The van der Waals surface area contributed by atoms with Crippen LogP contribution in [0.3, 0.4) is 0 Å². The Morgan fingerprint density at radius 3 is 2.78 bits per heavy atom. The van der Waals surface area contributed by atoms with Crippen LogP contribution in [0.5, 0.6) is 0 Å². The van der Waals surface area contributed by atoms with Crippen LogP contribution in [-0.4, -0.2) is 60.0 Å². The molecule has 102 valence electrons. The van der Waals surface area contributed by atoms with Gasteiger partial charge in [-0.05, 0) is 18.5 Å². The molecule has 18 heavy (non-hydrogen) atoms. The van der Waals surface area contributed by atoms with E-state index in [1.165, 1.54) is 7.11 Å². The molecule has 1 rings (SSSR count). The maximum Gasteiger partial charge on any atom is 0.231 e. The predicted octanol–water partition coefficient (Wildman–Crippen LogP) is 0.400. The van der Waals surface area contributed by atoms with Crippen LogP contribution in [0.4, 0.5) is 11.9 Å². The molecule has 0 aliphatic carbocycles. The minimum atomic E-state index is -0.613. The molecule has 0 aliphatic heterocycles. The summed E-state index contributed by atoms with van der Waals surface area (Å²) in [7, 11) is 3.30. The lowest BCUT2D eigenvalue weighted by Gasteiger charge is -2.20. The molecule has 0 amide bonds. The summed E-state index contributed by atoms with van der Waals surface area (Å²) in [4.78, 5) is 13.8. The molecule has 0 aromatic carbocycles. The van der Waals surface area contributed by atoms with E-state index in [-0.39, 0.29) is 11.9 Å². The number of hydrogen-bond donors (Lipinski definition) is 2. The molecule has 0 aliphatic rings. The van der Waals surface area contributed by atoms with Crippen molar-refractivity contribution in [2.75, 3.05) is 44.1 Å². The Bertz CT molecular complexity index is 379. The normalized spacial score (nSPS) is 12.3. The zero-order valence-corrected chi connectivity index (χ0v) is 11.5. The molecule has 0 saturated carbocycles. The van der Waals surface area contributed by atoms with E-state index in [4.69, 9.17) is 16.3 Å². The topological polar surface area (TPSA) is 83.4 Å². The van der Waals surface area contributed by atoms with E-state index in [0.29, 0.717) is 25.0 Å². The molecular weight excluding hydrogens is 258 g/mol. The highest BCUT2D eigenvalue weighted by Gasteiger charge is 2.13. The quantitative estimate of drug-likeness (QED) is 0.745. The third-order valence-corrected chi connectivity index (χ3v) is 2.29. The number of likely N-dealkylation sites (N-methyl/N-ethyl adjacent to an activating group) is 1. The van der Waals surface area contributed by atoms with Gasteiger partial charge in [0.1, 0.15) is 0 Å². The minimum absolute atomic E-state index is 0.115. The molecule has 7 nitrogen and oxygen atoms in total. The Balaban J connectivity index is 2.74. The Morgan fingerprint density at radius 1 is 1.44 bits per heavy atom. The highest BCUT2D eigenvalue weighted by atomic mass is 35.5. The number of aliphatic hydroxyl groups is 1. The standard InChI is InChI=1S/C10H18ClN5O2/c1-4-12-9-13-8(11)14-10(15-9)16(2)5-7(17)6-18-3/h7,17H,4-6H2,1-3H3,(H,12,13,14,15). The smallest absolute Gasteiger partial charge is 0.231 e. The number of nitrogens with zero attached hydrogens (tertiary/aromatic N) is 4. The van der Waals surface area contributed by atoms with Gasteiger partial charge in [-0.15, -0.1) is 0 Å².